The van der Waals surface area contributed by atoms with Gasteiger partial charge < -0.3 is 10.2 Å². The Bertz CT molecular complexity index is 546. The second kappa shape index (κ2) is 6.82. The molecular weight excluding hydrogens is 344 g/mol. The molecule has 1 fully saturated rings. The van der Waals surface area contributed by atoms with E-state index in [4.69, 9.17) is 0 Å². The molecule has 2 amide bonds. The van der Waals surface area contributed by atoms with Crippen LogP contribution >= 0.6 is 15.9 Å². The van der Waals surface area contributed by atoms with Gasteiger partial charge in [-0.2, -0.15) is 0 Å². The molecule has 0 saturated carbocycles. The van der Waals surface area contributed by atoms with E-state index in [0.29, 0.717) is 13.1 Å². The van der Waals surface area contributed by atoms with Gasteiger partial charge in [-0.25, -0.2) is 0 Å². The Morgan fingerprint density at radius 2 is 1.73 bits per heavy atom. The maximum absolute atomic E-state index is 12.9. The number of carbonyl (C=O) groups excluding carboxylic acids is 2. The predicted octanol–water partition coefficient (Wildman–Crippen LogP) is 2.71. The smallest absolute Gasteiger partial charge is 0.232 e. The summed E-state index contributed by atoms with van der Waals surface area (Å²) in [5, 5.41) is 2.69. The molecule has 1 aromatic rings. The zero-order chi connectivity index (χ0) is 16.3. The summed E-state index contributed by atoms with van der Waals surface area (Å²) < 4.78 is 1.01. The van der Waals surface area contributed by atoms with Crippen LogP contribution in [0.25, 0.3) is 0 Å². The Balaban J connectivity index is 2.05. The Labute approximate surface area is 140 Å². The van der Waals surface area contributed by atoms with Crippen molar-refractivity contribution in [3.05, 3.63) is 34.3 Å². The minimum atomic E-state index is -0.555. The number of rotatable bonds is 3. The van der Waals surface area contributed by atoms with Crippen LogP contribution in [0.5, 0.6) is 0 Å². The molecule has 0 spiro atoms. The lowest BCUT2D eigenvalue weighted by Gasteiger charge is -2.36. The number of nitrogens with one attached hydrogen (secondary N) is 1. The van der Waals surface area contributed by atoms with E-state index in [1.165, 1.54) is 0 Å². The number of amides is 2. The van der Waals surface area contributed by atoms with Crippen LogP contribution in [-0.4, -0.2) is 36.9 Å². The first kappa shape index (κ1) is 17.0. The molecule has 22 heavy (non-hydrogen) atoms. The SMILES string of the molecule is CNC(=O)C1CCN(C(=O)C(C)(C)c2ccc(Br)cc2)CC1. The number of hydrogen-bond donors (Lipinski definition) is 1. The third-order valence-corrected chi connectivity index (χ3v) is 5.03. The lowest BCUT2D eigenvalue weighted by atomic mass is 9.82. The zero-order valence-electron chi connectivity index (χ0n) is 13.4. The number of carbonyl (C=O) groups is 2. The van der Waals surface area contributed by atoms with Gasteiger partial charge in [0.1, 0.15) is 0 Å². The summed E-state index contributed by atoms with van der Waals surface area (Å²) in [6.45, 7) is 5.22. The van der Waals surface area contributed by atoms with Gasteiger partial charge in [0.05, 0.1) is 5.41 Å². The van der Waals surface area contributed by atoms with Crippen LogP contribution in [0.4, 0.5) is 0 Å². The van der Waals surface area contributed by atoms with Gasteiger partial charge in [-0.1, -0.05) is 28.1 Å². The second-order valence-corrected chi connectivity index (χ2v) is 7.23. The molecule has 5 heteroatoms. The summed E-state index contributed by atoms with van der Waals surface area (Å²) in [6, 6.07) is 7.89. The van der Waals surface area contributed by atoms with E-state index in [1.807, 2.05) is 43.0 Å². The average molecular weight is 367 g/mol. The molecule has 1 N–H and O–H groups in total. The van der Waals surface area contributed by atoms with Gasteiger partial charge in [0.25, 0.3) is 0 Å². The van der Waals surface area contributed by atoms with E-state index in [0.717, 1.165) is 22.9 Å². The van der Waals surface area contributed by atoms with Gasteiger partial charge in [0.2, 0.25) is 11.8 Å². The monoisotopic (exact) mass is 366 g/mol. The molecule has 120 valence electrons. The van der Waals surface area contributed by atoms with Crippen LogP contribution in [-0.2, 0) is 15.0 Å². The highest BCUT2D eigenvalue weighted by molar-refractivity contribution is 9.10. The summed E-state index contributed by atoms with van der Waals surface area (Å²) in [6.07, 6.45) is 1.48. The van der Waals surface area contributed by atoms with Crippen LogP contribution in [0.15, 0.2) is 28.7 Å². The van der Waals surface area contributed by atoms with E-state index < -0.39 is 5.41 Å². The number of nitrogens with zero attached hydrogens (tertiary/aromatic N) is 1. The third kappa shape index (κ3) is 3.51. The predicted molar refractivity (Wildman–Crippen MR) is 90.5 cm³/mol. The average Bonchev–Trinajstić information content (AvgIpc) is 2.54. The van der Waals surface area contributed by atoms with Crippen LogP contribution in [0, 0.1) is 5.92 Å². The van der Waals surface area contributed by atoms with Gasteiger partial charge >= 0.3 is 0 Å². The van der Waals surface area contributed by atoms with Crippen molar-refractivity contribution in [2.45, 2.75) is 32.1 Å². The number of likely N-dealkylation sites (tertiary alicyclic amines) is 1. The first-order valence-corrected chi connectivity index (χ1v) is 8.42. The van der Waals surface area contributed by atoms with Crippen molar-refractivity contribution in [2.24, 2.45) is 5.92 Å². The van der Waals surface area contributed by atoms with Crippen LogP contribution < -0.4 is 5.32 Å². The topological polar surface area (TPSA) is 49.4 Å². The molecule has 1 aliphatic heterocycles. The summed E-state index contributed by atoms with van der Waals surface area (Å²) in [4.78, 5) is 26.4. The molecule has 0 radical (unpaired) electrons. The number of piperidine rings is 1. The fraction of sp³-hybridized carbons (Fsp3) is 0.529. The molecule has 0 aromatic heterocycles. The molecule has 1 saturated heterocycles. The van der Waals surface area contributed by atoms with Crippen LogP contribution in [0.2, 0.25) is 0 Å². The summed E-state index contributed by atoms with van der Waals surface area (Å²) in [5.74, 6) is 0.245. The maximum atomic E-state index is 12.9. The standard InChI is InChI=1S/C17H23BrN2O2/c1-17(2,13-4-6-14(18)7-5-13)16(22)20-10-8-12(9-11-20)15(21)19-3/h4-7,12H,8-11H2,1-3H3,(H,19,21). The van der Waals surface area contributed by atoms with Crippen molar-refractivity contribution in [3.8, 4) is 0 Å². The molecule has 2 rings (SSSR count). The molecule has 0 atom stereocenters. The molecule has 1 heterocycles. The lowest BCUT2D eigenvalue weighted by Crippen LogP contribution is -2.48. The normalized spacial score (nSPS) is 16.5. The zero-order valence-corrected chi connectivity index (χ0v) is 14.9. The van der Waals surface area contributed by atoms with Crippen LogP contribution in [0.3, 0.4) is 0 Å². The Hall–Kier alpha value is -1.36. The van der Waals surface area contributed by atoms with E-state index in [9.17, 15) is 9.59 Å². The van der Waals surface area contributed by atoms with Gasteiger partial charge in [-0.05, 0) is 44.4 Å². The minimum absolute atomic E-state index is 0.0323. The Morgan fingerprint density at radius 3 is 2.23 bits per heavy atom. The van der Waals surface area contributed by atoms with E-state index in [2.05, 4.69) is 21.2 Å². The fourth-order valence-electron chi connectivity index (χ4n) is 2.93. The first-order valence-electron chi connectivity index (χ1n) is 7.63. The fourth-order valence-corrected chi connectivity index (χ4v) is 3.20. The highest BCUT2D eigenvalue weighted by Gasteiger charge is 2.36. The third-order valence-electron chi connectivity index (χ3n) is 4.50. The molecule has 0 unspecified atom stereocenters. The molecule has 1 aromatic carbocycles. The molecule has 0 aliphatic carbocycles. The molecule has 4 nitrogen and oxygen atoms in total. The highest BCUT2D eigenvalue weighted by Crippen LogP contribution is 2.29. The first-order chi connectivity index (χ1) is 10.4. The van der Waals surface area contributed by atoms with Crippen molar-refractivity contribution < 1.29 is 9.59 Å². The van der Waals surface area contributed by atoms with Gasteiger partial charge in [0, 0.05) is 30.5 Å². The van der Waals surface area contributed by atoms with Crippen molar-refractivity contribution in [1.29, 1.82) is 0 Å². The Morgan fingerprint density at radius 1 is 1.18 bits per heavy atom. The van der Waals surface area contributed by atoms with Gasteiger partial charge in [-0.3, -0.25) is 9.59 Å². The van der Waals surface area contributed by atoms with E-state index in [-0.39, 0.29) is 17.7 Å². The van der Waals surface area contributed by atoms with Crippen LogP contribution in [0.1, 0.15) is 32.3 Å². The minimum Gasteiger partial charge on any atom is -0.359 e. The van der Waals surface area contributed by atoms with E-state index in [1.54, 1.807) is 7.05 Å². The number of benzene rings is 1. The molecule has 1 aliphatic rings. The largest absolute Gasteiger partial charge is 0.359 e. The van der Waals surface area contributed by atoms with Gasteiger partial charge in [0.15, 0.2) is 0 Å². The lowest BCUT2D eigenvalue weighted by molar-refractivity contribution is -0.139. The Kier molecular flexibility index (Phi) is 5.27. The molecular formula is C17H23BrN2O2. The number of halogens is 1. The van der Waals surface area contributed by atoms with Crippen molar-refractivity contribution in [1.82, 2.24) is 10.2 Å². The maximum Gasteiger partial charge on any atom is 0.232 e. The summed E-state index contributed by atoms with van der Waals surface area (Å²) in [5.41, 5.74) is 0.453. The van der Waals surface area contributed by atoms with Crippen molar-refractivity contribution in [2.75, 3.05) is 20.1 Å². The second-order valence-electron chi connectivity index (χ2n) is 6.31. The molecule has 0 bridgehead atoms. The van der Waals surface area contributed by atoms with Crippen molar-refractivity contribution >= 4 is 27.7 Å². The number of hydrogen-bond acceptors (Lipinski definition) is 2. The van der Waals surface area contributed by atoms with Gasteiger partial charge in [-0.15, -0.1) is 0 Å². The van der Waals surface area contributed by atoms with E-state index >= 15 is 0 Å². The highest BCUT2D eigenvalue weighted by atomic mass is 79.9. The quantitative estimate of drug-likeness (QED) is 0.893. The van der Waals surface area contributed by atoms with Crippen molar-refractivity contribution in [3.63, 3.8) is 0 Å². The summed E-state index contributed by atoms with van der Waals surface area (Å²) in [7, 11) is 1.66. The summed E-state index contributed by atoms with van der Waals surface area (Å²) >= 11 is 3.42.